The Morgan fingerprint density at radius 2 is 1.64 bits per heavy atom. The van der Waals surface area contributed by atoms with Crippen molar-refractivity contribution in [2.45, 2.75) is 19.9 Å². The summed E-state index contributed by atoms with van der Waals surface area (Å²) in [6.07, 6.45) is 0.303. The number of hydrogen-bond acceptors (Lipinski definition) is 4. The number of aryl methyl sites for hydroxylation is 1. The second-order valence-electron chi connectivity index (χ2n) is 5.83. The van der Waals surface area contributed by atoms with Gasteiger partial charge in [-0.15, -0.1) is 0 Å². The summed E-state index contributed by atoms with van der Waals surface area (Å²) in [6, 6.07) is 16.0. The fourth-order valence-electron chi connectivity index (χ4n) is 3.22. The smallest absolute Gasteiger partial charge is 0.137 e. The Morgan fingerprint density at radius 1 is 1.00 bits per heavy atom. The molecule has 25 heavy (non-hydrogen) atoms. The number of aromatic hydroxyl groups is 2. The number of nitriles is 2. The van der Waals surface area contributed by atoms with E-state index >= 15 is 0 Å². The van der Waals surface area contributed by atoms with Gasteiger partial charge in [0, 0.05) is 24.4 Å². The lowest BCUT2D eigenvalue weighted by atomic mass is 9.96. The van der Waals surface area contributed by atoms with E-state index in [0.29, 0.717) is 13.0 Å². The first-order chi connectivity index (χ1) is 12.1. The zero-order valence-electron chi connectivity index (χ0n) is 13.8. The predicted molar refractivity (Wildman–Crippen MR) is 94.8 cm³/mol. The summed E-state index contributed by atoms with van der Waals surface area (Å²) in [6.45, 7) is 2.67. The van der Waals surface area contributed by atoms with Crippen molar-refractivity contribution in [2.75, 3.05) is 0 Å². The van der Waals surface area contributed by atoms with Gasteiger partial charge in [0.25, 0.3) is 0 Å². The first-order valence-corrected chi connectivity index (χ1v) is 8.01. The molecule has 0 unspecified atom stereocenters. The van der Waals surface area contributed by atoms with Crippen LogP contribution in [0.4, 0.5) is 0 Å². The lowest BCUT2D eigenvalue weighted by molar-refractivity contribution is 0.475. The number of phenolic OH excluding ortho intramolecular Hbond substituents is 2. The maximum Gasteiger partial charge on any atom is 0.137 e. The quantitative estimate of drug-likeness (QED) is 0.757. The van der Waals surface area contributed by atoms with Crippen LogP contribution in [0.5, 0.6) is 11.5 Å². The molecule has 0 bridgehead atoms. The molecule has 0 fully saturated rings. The van der Waals surface area contributed by atoms with Crippen LogP contribution >= 0.6 is 0 Å². The Bertz CT molecular complexity index is 991. The van der Waals surface area contributed by atoms with Crippen molar-refractivity contribution in [3.05, 3.63) is 48.0 Å². The van der Waals surface area contributed by atoms with Crippen LogP contribution in [0.2, 0.25) is 0 Å². The minimum atomic E-state index is -0.749. The Hall–Kier alpha value is -3.44. The van der Waals surface area contributed by atoms with Crippen molar-refractivity contribution in [2.24, 2.45) is 5.92 Å². The molecule has 3 rings (SSSR count). The van der Waals surface area contributed by atoms with Crippen molar-refractivity contribution >= 4 is 10.9 Å². The van der Waals surface area contributed by atoms with Crippen LogP contribution in [0.3, 0.4) is 0 Å². The first kappa shape index (κ1) is 16.4. The Balaban J connectivity index is 2.34. The molecule has 0 saturated heterocycles. The van der Waals surface area contributed by atoms with Crippen molar-refractivity contribution in [1.82, 2.24) is 4.57 Å². The molecule has 5 nitrogen and oxygen atoms in total. The van der Waals surface area contributed by atoms with Gasteiger partial charge < -0.3 is 14.8 Å². The fraction of sp³-hybridized carbons (Fsp3) is 0.200. The third-order valence-corrected chi connectivity index (χ3v) is 4.33. The highest BCUT2D eigenvalue weighted by Gasteiger charge is 2.21. The maximum atomic E-state index is 9.88. The number of nitrogens with zero attached hydrogens (tertiary/aromatic N) is 3. The minimum Gasteiger partial charge on any atom is -0.508 e. The predicted octanol–water partition coefficient (Wildman–Crippen LogP) is 3.95. The number of hydrogen-bond donors (Lipinski definition) is 2. The third-order valence-electron chi connectivity index (χ3n) is 4.33. The summed E-state index contributed by atoms with van der Waals surface area (Å²) in [5, 5.41) is 38.8. The van der Waals surface area contributed by atoms with Crippen LogP contribution in [0, 0.1) is 28.6 Å². The van der Waals surface area contributed by atoms with Crippen molar-refractivity contribution < 1.29 is 10.2 Å². The molecule has 0 saturated carbocycles. The molecular weight excluding hydrogens is 314 g/mol. The van der Waals surface area contributed by atoms with Gasteiger partial charge in [-0.3, -0.25) is 0 Å². The van der Waals surface area contributed by atoms with Crippen LogP contribution in [-0.4, -0.2) is 14.8 Å². The number of aromatic nitrogens is 1. The molecule has 0 aliphatic heterocycles. The molecule has 1 aromatic heterocycles. The van der Waals surface area contributed by atoms with Crippen molar-refractivity contribution in [1.29, 1.82) is 10.5 Å². The summed E-state index contributed by atoms with van der Waals surface area (Å²) in [7, 11) is 0. The molecule has 1 heterocycles. The molecule has 0 atom stereocenters. The molecule has 2 aromatic carbocycles. The lowest BCUT2D eigenvalue weighted by Gasteiger charge is -2.11. The van der Waals surface area contributed by atoms with E-state index in [1.165, 1.54) is 0 Å². The summed E-state index contributed by atoms with van der Waals surface area (Å²) in [4.78, 5) is 0. The van der Waals surface area contributed by atoms with E-state index in [1.807, 2.05) is 37.3 Å². The first-order valence-electron chi connectivity index (χ1n) is 8.01. The lowest BCUT2D eigenvalue weighted by Crippen LogP contribution is -2.02. The Kier molecular flexibility index (Phi) is 4.33. The SMILES string of the molecule is CCn1c(-c2ccc(O)cc2)c(CC(C#N)C#N)c2ccc(O)cc21. The largest absolute Gasteiger partial charge is 0.508 e. The molecule has 2 N–H and O–H groups in total. The highest BCUT2D eigenvalue weighted by Crippen LogP contribution is 2.37. The summed E-state index contributed by atoms with van der Waals surface area (Å²) >= 11 is 0. The zero-order chi connectivity index (χ0) is 18.0. The van der Waals surface area contributed by atoms with E-state index in [1.54, 1.807) is 24.3 Å². The van der Waals surface area contributed by atoms with Crippen LogP contribution in [0.1, 0.15) is 12.5 Å². The monoisotopic (exact) mass is 331 g/mol. The van der Waals surface area contributed by atoms with E-state index in [0.717, 1.165) is 27.7 Å². The summed E-state index contributed by atoms with van der Waals surface area (Å²) in [5.41, 5.74) is 3.55. The topological polar surface area (TPSA) is 93.0 Å². The molecule has 0 radical (unpaired) electrons. The fourth-order valence-corrected chi connectivity index (χ4v) is 3.22. The van der Waals surface area contributed by atoms with E-state index in [4.69, 9.17) is 0 Å². The van der Waals surface area contributed by atoms with Gasteiger partial charge in [-0.25, -0.2) is 0 Å². The van der Waals surface area contributed by atoms with Crippen molar-refractivity contribution in [3.63, 3.8) is 0 Å². The van der Waals surface area contributed by atoms with Gasteiger partial charge in [0.15, 0.2) is 0 Å². The molecule has 3 aromatic rings. The van der Waals surface area contributed by atoms with E-state index in [9.17, 15) is 20.7 Å². The van der Waals surface area contributed by atoms with Gasteiger partial charge in [0.1, 0.15) is 17.4 Å². The molecule has 0 aliphatic carbocycles. The second-order valence-corrected chi connectivity index (χ2v) is 5.83. The molecule has 0 aliphatic rings. The molecular formula is C20H17N3O2. The van der Waals surface area contributed by atoms with E-state index in [-0.39, 0.29) is 11.5 Å². The molecule has 0 spiro atoms. The van der Waals surface area contributed by atoms with Gasteiger partial charge in [-0.05, 0) is 54.4 Å². The second kappa shape index (κ2) is 6.59. The highest BCUT2D eigenvalue weighted by atomic mass is 16.3. The Labute approximate surface area is 145 Å². The van der Waals surface area contributed by atoms with Gasteiger partial charge in [-0.2, -0.15) is 10.5 Å². The summed E-state index contributed by atoms with van der Waals surface area (Å²) < 4.78 is 2.06. The van der Waals surface area contributed by atoms with Crippen LogP contribution < -0.4 is 0 Å². The van der Waals surface area contributed by atoms with Crippen LogP contribution in [-0.2, 0) is 13.0 Å². The number of benzene rings is 2. The van der Waals surface area contributed by atoms with Gasteiger partial charge in [0.05, 0.1) is 23.3 Å². The number of fused-ring (bicyclic) bond motifs is 1. The maximum absolute atomic E-state index is 9.88. The van der Waals surface area contributed by atoms with Crippen LogP contribution in [0.15, 0.2) is 42.5 Å². The minimum absolute atomic E-state index is 0.167. The van der Waals surface area contributed by atoms with Crippen molar-refractivity contribution in [3.8, 4) is 34.9 Å². The Morgan fingerprint density at radius 3 is 2.24 bits per heavy atom. The third kappa shape index (κ3) is 2.88. The molecule has 124 valence electrons. The van der Waals surface area contributed by atoms with Gasteiger partial charge >= 0.3 is 0 Å². The van der Waals surface area contributed by atoms with E-state index < -0.39 is 5.92 Å². The molecule has 0 amide bonds. The average Bonchev–Trinajstić information content (AvgIpc) is 2.92. The number of rotatable bonds is 4. The van der Waals surface area contributed by atoms with Gasteiger partial charge in [0.2, 0.25) is 0 Å². The normalized spacial score (nSPS) is 10.7. The molecule has 5 heteroatoms. The average molecular weight is 331 g/mol. The number of phenols is 2. The standard InChI is InChI=1S/C20H17N3O2/c1-2-23-19-10-16(25)7-8-17(19)18(9-13(11-21)12-22)20(23)14-3-5-15(24)6-4-14/h3-8,10,13,24-25H,2,9H2,1H3. The summed E-state index contributed by atoms with van der Waals surface area (Å²) in [5.74, 6) is -0.407. The zero-order valence-corrected chi connectivity index (χ0v) is 13.8. The highest BCUT2D eigenvalue weighted by molar-refractivity contribution is 5.93. The van der Waals surface area contributed by atoms with E-state index in [2.05, 4.69) is 4.57 Å². The van der Waals surface area contributed by atoms with Crippen LogP contribution in [0.25, 0.3) is 22.2 Å². The van der Waals surface area contributed by atoms with Gasteiger partial charge in [-0.1, -0.05) is 0 Å².